The number of fused-ring (bicyclic) bond motifs is 15. The lowest BCUT2D eigenvalue weighted by Crippen LogP contribution is -2.26. The second-order valence-corrected chi connectivity index (χ2v) is 10.3. The van der Waals surface area contributed by atoms with Crippen LogP contribution in [0.2, 0.25) is 0 Å². The van der Waals surface area contributed by atoms with E-state index in [0.29, 0.717) is 0 Å². The number of rotatable bonds is 0. The SMILES string of the molecule is c1ccc2c(c1)-c1cc3c(cc1C21c2ccccc2-c2ncccc21)-c1c(ccc2ccccc12)C3. The van der Waals surface area contributed by atoms with Crippen LogP contribution in [-0.4, -0.2) is 4.98 Å². The molecule has 3 aliphatic carbocycles. The lowest BCUT2D eigenvalue weighted by Gasteiger charge is -2.30. The Labute approximate surface area is 209 Å². The number of hydrogen-bond acceptors (Lipinski definition) is 1. The van der Waals surface area contributed by atoms with Crippen molar-refractivity contribution in [2.75, 3.05) is 0 Å². The van der Waals surface area contributed by atoms with Crippen molar-refractivity contribution in [3.8, 4) is 33.5 Å². The molecule has 166 valence electrons. The van der Waals surface area contributed by atoms with Gasteiger partial charge in [-0.15, -0.1) is 0 Å². The van der Waals surface area contributed by atoms with Gasteiger partial charge in [-0.2, -0.15) is 0 Å². The van der Waals surface area contributed by atoms with Gasteiger partial charge in [0.1, 0.15) is 0 Å². The first-order chi connectivity index (χ1) is 17.9. The van der Waals surface area contributed by atoms with Crippen LogP contribution in [0, 0.1) is 0 Å². The first-order valence-corrected chi connectivity index (χ1v) is 12.7. The summed E-state index contributed by atoms with van der Waals surface area (Å²) in [5.41, 5.74) is 15.8. The number of nitrogens with zero attached hydrogens (tertiary/aromatic N) is 1. The van der Waals surface area contributed by atoms with Crippen molar-refractivity contribution in [1.82, 2.24) is 4.98 Å². The molecule has 1 spiro atoms. The highest BCUT2D eigenvalue weighted by atomic mass is 14.7. The van der Waals surface area contributed by atoms with E-state index in [-0.39, 0.29) is 5.41 Å². The van der Waals surface area contributed by atoms with Crippen molar-refractivity contribution >= 4 is 10.8 Å². The summed E-state index contributed by atoms with van der Waals surface area (Å²) >= 11 is 0. The summed E-state index contributed by atoms with van der Waals surface area (Å²) in [5, 5.41) is 2.66. The van der Waals surface area contributed by atoms with Gasteiger partial charge in [0.15, 0.2) is 0 Å². The van der Waals surface area contributed by atoms with Gasteiger partial charge in [0.2, 0.25) is 0 Å². The van der Waals surface area contributed by atoms with E-state index < -0.39 is 0 Å². The molecule has 0 saturated heterocycles. The van der Waals surface area contributed by atoms with Gasteiger partial charge in [-0.1, -0.05) is 91.0 Å². The summed E-state index contributed by atoms with van der Waals surface area (Å²) in [5.74, 6) is 0. The Morgan fingerprint density at radius 1 is 0.528 bits per heavy atom. The Morgan fingerprint density at radius 3 is 2.19 bits per heavy atom. The van der Waals surface area contributed by atoms with Gasteiger partial charge in [0.05, 0.1) is 11.1 Å². The molecular weight excluding hydrogens is 434 g/mol. The summed E-state index contributed by atoms with van der Waals surface area (Å²) in [6.45, 7) is 0. The number of benzene rings is 5. The fourth-order valence-electron chi connectivity index (χ4n) is 7.40. The van der Waals surface area contributed by atoms with Crippen LogP contribution >= 0.6 is 0 Å². The maximum atomic E-state index is 4.91. The van der Waals surface area contributed by atoms with Gasteiger partial charge in [0.25, 0.3) is 0 Å². The molecule has 5 aromatic carbocycles. The summed E-state index contributed by atoms with van der Waals surface area (Å²) in [6, 6.07) is 40.8. The third kappa shape index (κ3) is 2.04. The van der Waals surface area contributed by atoms with E-state index in [4.69, 9.17) is 4.98 Å². The normalized spacial score (nSPS) is 17.4. The van der Waals surface area contributed by atoms with Crippen molar-refractivity contribution in [3.05, 3.63) is 149 Å². The summed E-state index contributed by atoms with van der Waals surface area (Å²) in [4.78, 5) is 4.91. The minimum Gasteiger partial charge on any atom is -0.256 e. The van der Waals surface area contributed by atoms with Crippen LogP contribution in [0.15, 0.2) is 115 Å². The molecular formula is C35H21N. The van der Waals surface area contributed by atoms with Crippen LogP contribution in [0.25, 0.3) is 44.3 Å². The maximum absolute atomic E-state index is 4.91. The average molecular weight is 456 g/mol. The molecule has 6 aromatic rings. The number of aromatic nitrogens is 1. The predicted molar refractivity (Wildman–Crippen MR) is 146 cm³/mol. The first-order valence-electron chi connectivity index (χ1n) is 12.7. The molecule has 0 radical (unpaired) electrons. The van der Waals surface area contributed by atoms with Crippen LogP contribution in [0.1, 0.15) is 33.4 Å². The number of hydrogen-bond donors (Lipinski definition) is 0. The molecule has 1 unspecified atom stereocenters. The average Bonchev–Trinajstić information content (AvgIpc) is 3.55. The summed E-state index contributed by atoms with van der Waals surface area (Å²) < 4.78 is 0. The lowest BCUT2D eigenvalue weighted by molar-refractivity contribution is 0.791. The Balaban J connectivity index is 1.45. The van der Waals surface area contributed by atoms with E-state index in [1.54, 1.807) is 0 Å². The first kappa shape index (κ1) is 18.8. The zero-order valence-electron chi connectivity index (χ0n) is 19.6. The molecule has 0 N–H and O–H groups in total. The van der Waals surface area contributed by atoms with E-state index >= 15 is 0 Å². The van der Waals surface area contributed by atoms with E-state index in [9.17, 15) is 0 Å². The highest BCUT2D eigenvalue weighted by molar-refractivity contribution is 6.03. The monoisotopic (exact) mass is 455 g/mol. The Kier molecular flexibility index (Phi) is 3.33. The number of pyridine rings is 1. The van der Waals surface area contributed by atoms with Crippen LogP contribution in [0.4, 0.5) is 0 Å². The Hall–Kier alpha value is -4.49. The minimum atomic E-state index is -0.339. The van der Waals surface area contributed by atoms with Gasteiger partial charge in [-0.05, 0) is 91.0 Å². The molecule has 1 aromatic heterocycles. The molecule has 3 aliphatic rings. The van der Waals surface area contributed by atoms with Crippen LogP contribution in [0.3, 0.4) is 0 Å². The second kappa shape index (κ2) is 6.38. The highest BCUT2D eigenvalue weighted by Gasteiger charge is 2.52. The van der Waals surface area contributed by atoms with Crippen LogP contribution in [-0.2, 0) is 11.8 Å². The fraction of sp³-hybridized carbons (Fsp3) is 0.0571. The molecule has 1 heteroatoms. The molecule has 0 saturated carbocycles. The van der Waals surface area contributed by atoms with Gasteiger partial charge in [-0.25, -0.2) is 0 Å². The lowest BCUT2D eigenvalue weighted by atomic mass is 9.70. The fourth-order valence-corrected chi connectivity index (χ4v) is 7.40. The quantitative estimate of drug-likeness (QED) is 0.225. The molecule has 0 amide bonds. The summed E-state index contributed by atoms with van der Waals surface area (Å²) in [7, 11) is 0. The minimum absolute atomic E-state index is 0.339. The van der Waals surface area contributed by atoms with Crippen molar-refractivity contribution in [1.29, 1.82) is 0 Å². The summed E-state index contributed by atoms with van der Waals surface area (Å²) in [6.07, 6.45) is 2.92. The van der Waals surface area contributed by atoms with Crippen molar-refractivity contribution in [2.45, 2.75) is 11.8 Å². The van der Waals surface area contributed by atoms with Crippen molar-refractivity contribution < 1.29 is 0 Å². The van der Waals surface area contributed by atoms with Crippen LogP contribution in [0.5, 0.6) is 0 Å². The van der Waals surface area contributed by atoms with Crippen LogP contribution < -0.4 is 0 Å². The van der Waals surface area contributed by atoms with Crippen molar-refractivity contribution in [3.63, 3.8) is 0 Å². The van der Waals surface area contributed by atoms with Gasteiger partial charge >= 0.3 is 0 Å². The van der Waals surface area contributed by atoms with E-state index in [1.165, 1.54) is 72.0 Å². The second-order valence-electron chi connectivity index (χ2n) is 10.3. The Morgan fingerprint density at radius 2 is 1.28 bits per heavy atom. The smallest absolute Gasteiger partial charge is 0.0753 e. The van der Waals surface area contributed by atoms with E-state index in [1.807, 2.05) is 6.20 Å². The maximum Gasteiger partial charge on any atom is 0.0753 e. The predicted octanol–water partition coefficient (Wildman–Crippen LogP) is 8.15. The molecule has 36 heavy (non-hydrogen) atoms. The van der Waals surface area contributed by atoms with Gasteiger partial charge in [0, 0.05) is 11.8 Å². The zero-order chi connectivity index (χ0) is 23.4. The van der Waals surface area contributed by atoms with Crippen molar-refractivity contribution in [2.24, 2.45) is 0 Å². The molecule has 0 fully saturated rings. The molecule has 1 heterocycles. The molecule has 1 nitrogen and oxygen atoms in total. The Bertz CT molecular complexity index is 1880. The van der Waals surface area contributed by atoms with E-state index in [0.717, 1.165) is 12.1 Å². The van der Waals surface area contributed by atoms with E-state index in [2.05, 4.69) is 109 Å². The molecule has 9 rings (SSSR count). The standard InChI is InChI=1S/C35H21N/c1-2-9-24-21(8-1)15-16-22-18-23-19-28-25-10-3-5-12-29(25)35(32(28)20-27(23)33(22)24)30-13-6-4-11-26(30)34-31(35)14-7-17-36-34/h1-17,19-20H,18H2. The molecule has 0 aliphatic heterocycles. The molecule has 1 atom stereocenters. The highest BCUT2D eigenvalue weighted by Crippen LogP contribution is 2.63. The largest absolute Gasteiger partial charge is 0.256 e. The third-order valence-corrected chi connectivity index (χ3v) is 8.73. The molecule has 0 bridgehead atoms. The zero-order valence-corrected chi connectivity index (χ0v) is 19.6. The topological polar surface area (TPSA) is 12.9 Å². The van der Waals surface area contributed by atoms with Gasteiger partial charge < -0.3 is 0 Å². The van der Waals surface area contributed by atoms with Gasteiger partial charge in [-0.3, -0.25) is 4.98 Å². The third-order valence-electron chi connectivity index (χ3n) is 8.73.